The average molecular weight is 304 g/mol. The molecule has 0 aromatic heterocycles. The first-order chi connectivity index (χ1) is 10.8. The molecule has 5 N–H and O–H groups in total. The molecule has 1 rings (SSSR count). The minimum Gasteiger partial charge on any atom is -0.370 e. The van der Waals surface area contributed by atoms with E-state index in [0.717, 1.165) is 26.1 Å². The van der Waals surface area contributed by atoms with E-state index in [1.807, 2.05) is 0 Å². The molecular formula is C18H32N4. The van der Waals surface area contributed by atoms with E-state index in [2.05, 4.69) is 40.6 Å². The van der Waals surface area contributed by atoms with Gasteiger partial charge in [-0.25, -0.2) is 0 Å². The standard InChI is InChI=1S/C18H32N4/c19-18(20)22-16-9-4-2-1-3-8-14-21-15-10-13-17-11-6-5-7-12-17/h5-7,11-12,21H,1-4,8-10,13-16H2,(H4,19,20,22). The van der Waals surface area contributed by atoms with Crippen molar-refractivity contribution in [2.24, 2.45) is 16.5 Å². The molecule has 0 fully saturated rings. The number of nitrogens with two attached hydrogens (primary N) is 2. The molecule has 0 spiro atoms. The first kappa shape index (κ1) is 18.5. The molecule has 124 valence electrons. The Labute approximate surface area is 135 Å². The number of benzene rings is 1. The third-order valence-corrected chi connectivity index (χ3v) is 3.72. The number of hydrogen-bond acceptors (Lipinski definition) is 2. The average Bonchev–Trinajstić information content (AvgIpc) is 2.52. The third-order valence-electron chi connectivity index (χ3n) is 3.72. The summed E-state index contributed by atoms with van der Waals surface area (Å²) in [6.07, 6.45) is 9.89. The number of unbranched alkanes of at least 4 members (excludes halogenated alkanes) is 5. The van der Waals surface area contributed by atoms with Gasteiger partial charge in [-0.15, -0.1) is 0 Å². The summed E-state index contributed by atoms with van der Waals surface area (Å²) >= 11 is 0. The van der Waals surface area contributed by atoms with E-state index < -0.39 is 0 Å². The van der Waals surface area contributed by atoms with Crippen molar-refractivity contribution in [3.63, 3.8) is 0 Å². The summed E-state index contributed by atoms with van der Waals surface area (Å²) in [4.78, 5) is 3.98. The second-order valence-electron chi connectivity index (χ2n) is 5.77. The van der Waals surface area contributed by atoms with E-state index in [0.29, 0.717) is 0 Å². The first-order valence-electron chi connectivity index (χ1n) is 8.59. The number of nitrogens with one attached hydrogen (secondary N) is 1. The van der Waals surface area contributed by atoms with E-state index in [-0.39, 0.29) is 5.96 Å². The molecule has 0 amide bonds. The van der Waals surface area contributed by atoms with Gasteiger partial charge in [-0.2, -0.15) is 0 Å². The second-order valence-corrected chi connectivity index (χ2v) is 5.77. The van der Waals surface area contributed by atoms with Crippen LogP contribution in [0.2, 0.25) is 0 Å². The maximum absolute atomic E-state index is 5.28. The fourth-order valence-electron chi connectivity index (χ4n) is 2.46. The maximum Gasteiger partial charge on any atom is 0.185 e. The largest absolute Gasteiger partial charge is 0.370 e. The molecule has 0 atom stereocenters. The Hall–Kier alpha value is -1.55. The molecule has 22 heavy (non-hydrogen) atoms. The Bertz CT molecular complexity index is 385. The highest BCUT2D eigenvalue weighted by molar-refractivity contribution is 5.75. The molecule has 0 radical (unpaired) electrons. The van der Waals surface area contributed by atoms with Crippen molar-refractivity contribution in [1.29, 1.82) is 0 Å². The van der Waals surface area contributed by atoms with Crippen molar-refractivity contribution in [1.82, 2.24) is 5.32 Å². The minimum absolute atomic E-state index is 0.207. The molecule has 0 saturated heterocycles. The maximum atomic E-state index is 5.28. The SMILES string of the molecule is NC(N)=NCCCCCCCCNCCCc1ccccc1. The smallest absolute Gasteiger partial charge is 0.185 e. The van der Waals surface area contributed by atoms with Crippen LogP contribution in [-0.2, 0) is 6.42 Å². The van der Waals surface area contributed by atoms with E-state index >= 15 is 0 Å². The summed E-state index contributed by atoms with van der Waals surface area (Å²) in [7, 11) is 0. The summed E-state index contributed by atoms with van der Waals surface area (Å²) in [6.45, 7) is 3.03. The van der Waals surface area contributed by atoms with Gasteiger partial charge >= 0.3 is 0 Å². The van der Waals surface area contributed by atoms with Gasteiger partial charge in [0.2, 0.25) is 0 Å². The van der Waals surface area contributed by atoms with Crippen LogP contribution in [0.5, 0.6) is 0 Å². The third kappa shape index (κ3) is 11.1. The molecule has 4 nitrogen and oxygen atoms in total. The van der Waals surface area contributed by atoms with Crippen LogP contribution in [0.15, 0.2) is 35.3 Å². The summed E-state index contributed by atoms with van der Waals surface area (Å²) < 4.78 is 0. The normalized spacial score (nSPS) is 10.5. The highest BCUT2D eigenvalue weighted by atomic mass is 15.0. The lowest BCUT2D eigenvalue weighted by molar-refractivity contribution is 0.561. The summed E-state index contributed by atoms with van der Waals surface area (Å²) in [5, 5.41) is 3.53. The zero-order chi connectivity index (χ0) is 15.9. The number of rotatable bonds is 13. The van der Waals surface area contributed by atoms with Gasteiger partial charge in [-0.1, -0.05) is 56.0 Å². The van der Waals surface area contributed by atoms with Gasteiger partial charge in [0, 0.05) is 6.54 Å². The van der Waals surface area contributed by atoms with Crippen molar-refractivity contribution in [2.45, 2.75) is 51.4 Å². The van der Waals surface area contributed by atoms with Gasteiger partial charge in [0.1, 0.15) is 0 Å². The monoisotopic (exact) mass is 304 g/mol. The summed E-state index contributed by atoms with van der Waals surface area (Å²) in [5.41, 5.74) is 12.0. The highest BCUT2D eigenvalue weighted by Gasteiger charge is 1.94. The molecule has 0 unspecified atom stereocenters. The van der Waals surface area contributed by atoms with Crippen molar-refractivity contribution >= 4 is 5.96 Å². The molecule has 0 saturated carbocycles. The number of aliphatic imine (C=N–C) groups is 1. The van der Waals surface area contributed by atoms with Crippen LogP contribution < -0.4 is 16.8 Å². The number of guanidine groups is 1. The topological polar surface area (TPSA) is 76.4 Å². The van der Waals surface area contributed by atoms with Gasteiger partial charge in [0.15, 0.2) is 5.96 Å². The van der Waals surface area contributed by atoms with Gasteiger partial charge in [-0.05, 0) is 44.3 Å². The molecule has 0 aliphatic rings. The van der Waals surface area contributed by atoms with Crippen molar-refractivity contribution in [2.75, 3.05) is 19.6 Å². The van der Waals surface area contributed by atoms with E-state index in [4.69, 9.17) is 11.5 Å². The summed E-state index contributed by atoms with van der Waals surface area (Å²) in [5.74, 6) is 0.207. The molecular weight excluding hydrogens is 272 g/mol. The van der Waals surface area contributed by atoms with Crippen LogP contribution >= 0.6 is 0 Å². The van der Waals surface area contributed by atoms with Gasteiger partial charge < -0.3 is 16.8 Å². The van der Waals surface area contributed by atoms with E-state index in [1.165, 1.54) is 50.5 Å². The quantitative estimate of drug-likeness (QED) is 0.298. The van der Waals surface area contributed by atoms with Gasteiger partial charge in [0.05, 0.1) is 0 Å². The van der Waals surface area contributed by atoms with Gasteiger partial charge in [-0.3, -0.25) is 4.99 Å². The molecule has 1 aromatic rings. The minimum atomic E-state index is 0.207. The van der Waals surface area contributed by atoms with Crippen LogP contribution in [0.3, 0.4) is 0 Å². The Morgan fingerprint density at radius 1 is 0.818 bits per heavy atom. The molecule has 0 aliphatic heterocycles. The van der Waals surface area contributed by atoms with Crippen LogP contribution in [0.25, 0.3) is 0 Å². The highest BCUT2D eigenvalue weighted by Crippen LogP contribution is 2.05. The molecule has 0 aliphatic carbocycles. The van der Waals surface area contributed by atoms with E-state index in [1.54, 1.807) is 0 Å². The fourth-order valence-corrected chi connectivity index (χ4v) is 2.46. The van der Waals surface area contributed by atoms with E-state index in [9.17, 15) is 0 Å². The Morgan fingerprint density at radius 2 is 1.45 bits per heavy atom. The summed E-state index contributed by atoms with van der Waals surface area (Å²) in [6, 6.07) is 10.7. The van der Waals surface area contributed by atoms with Crippen LogP contribution in [0.1, 0.15) is 50.5 Å². The number of hydrogen-bond donors (Lipinski definition) is 3. The second kappa shape index (κ2) is 13.1. The lowest BCUT2D eigenvalue weighted by atomic mass is 10.1. The molecule has 0 heterocycles. The Kier molecular flexibility index (Phi) is 11.0. The van der Waals surface area contributed by atoms with Crippen LogP contribution in [-0.4, -0.2) is 25.6 Å². The number of aryl methyl sites for hydroxylation is 1. The lowest BCUT2D eigenvalue weighted by Gasteiger charge is -2.05. The lowest BCUT2D eigenvalue weighted by Crippen LogP contribution is -2.22. The zero-order valence-corrected chi connectivity index (χ0v) is 13.8. The molecule has 0 bridgehead atoms. The number of nitrogens with zero attached hydrogens (tertiary/aromatic N) is 1. The predicted molar refractivity (Wildman–Crippen MR) is 96.0 cm³/mol. The van der Waals surface area contributed by atoms with Gasteiger partial charge in [0.25, 0.3) is 0 Å². The Morgan fingerprint density at radius 3 is 2.18 bits per heavy atom. The van der Waals surface area contributed by atoms with Crippen molar-refractivity contribution in [3.8, 4) is 0 Å². The zero-order valence-electron chi connectivity index (χ0n) is 13.8. The Balaban J connectivity index is 1.77. The fraction of sp³-hybridized carbons (Fsp3) is 0.611. The van der Waals surface area contributed by atoms with Crippen molar-refractivity contribution in [3.05, 3.63) is 35.9 Å². The van der Waals surface area contributed by atoms with Crippen LogP contribution in [0.4, 0.5) is 0 Å². The first-order valence-corrected chi connectivity index (χ1v) is 8.59. The predicted octanol–water partition coefficient (Wildman–Crippen LogP) is 2.82. The molecule has 4 heteroatoms. The molecule has 1 aromatic carbocycles. The van der Waals surface area contributed by atoms with Crippen molar-refractivity contribution < 1.29 is 0 Å². The van der Waals surface area contributed by atoms with Crippen LogP contribution in [0, 0.1) is 0 Å².